The Morgan fingerprint density at radius 3 is 1.86 bits per heavy atom. The standard InChI is InChI=1S/C29H19F6N/c1-27(2)20-10-5-3-8-16(20)18-14-19-17-9-4-6-13-24(17)36(25(19)15-23(18)27)26-21(28(30,31)32)11-7-12-22(26)29(33,34)35/h3-15H,1-2H3. The molecule has 1 nitrogen and oxygen atoms in total. The second-order valence-electron chi connectivity index (χ2n) is 9.64. The van der Waals surface area contributed by atoms with Gasteiger partial charge in [0, 0.05) is 16.2 Å². The summed E-state index contributed by atoms with van der Waals surface area (Å²) in [5.41, 5.74) is 0.422. The molecule has 0 bridgehead atoms. The second-order valence-corrected chi connectivity index (χ2v) is 9.64. The van der Waals surface area contributed by atoms with E-state index in [0.29, 0.717) is 28.4 Å². The minimum Gasteiger partial charge on any atom is -0.308 e. The van der Waals surface area contributed by atoms with E-state index in [-0.39, 0.29) is 5.52 Å². The molecule has 0 N–H and O–H groups in total. The second kappa shape index (κ2) is 7.15. The summed E-state index contributed by atoms with van der Waals surface area (Å²) in [4.78, 5) is 0. The van der Waals surface area contributed by atoms with Gasteiger partial charge in [-0.2, -0.15) is 26.3 Å². The van der Waals surface area contributed by atoms with E-state index in [1.165, 1.54) is 0 Å². The predicted octanol–water partition coefficient (Wildman–Crippen LogP) is 9.13. The van der Waals surface area contributed by atoms with E-state index in [1.54, 1.807) is 30.3 Å². The van der Waals surface area contributed by atoms with E-state index in [9.17, 15) is 26.3 Å². The van der Waals surface area contributed by atoms with Crippen LogP contribution >= 0.6 is 0 Å². The summed E-state index contributed by atoms with van der Waals surface area (Å²) in [6, 6.07) is 20.4. The molecule has 0 saturated heterocycles. The van der Waals surface area contributed by atoms with Gasteiger partial charge in [0.25, 0.3) is 0 Å². The number of alkyl halides is 6. The first kappa shape index (κ1) is 22.7. The molecular formula is C29H19F6N. The molecule has 1 aromatic heterocycles. The van der Waals surface area contributed by atoms with Crippen LogP contribution in [-0.2, 0) is 17.8 Å². The minimum atomic E-state index is -4.99. The molecule has 0 aliphatic heterocycles. The molecule has 0 saturated carbocycles. The minimum absolute atomic E-state index is 0.282. The Kier molecular flexibility index (Phi) is 4.51. The number of rotatable bonds is 1. The van der Waals surface area contributed by atoms with Crippen molar-refractivity contribution in [1.29, 1.82) is 0 Å². The van der Waals surface area contributed by atoms with Crippen molar-refractivity contribution in [3.05, 3.63) is 101 Å². The van der Waals surface area contributed by atoms with Crippen LogP contribution in [0.1, 0.15) is 36.1 Å². The Morgan fingerprint density at radius 2 is 1.19 bits per heavy atom. The Morgan fingerprint density at radius 1 is 0.583 bits per heavy atom. The number of fused-ring (bicyclic) bond motifs is 6. The number of aromatic nitrogens is 1. The highest BCUT2D eigenvalue weighted by Crippen LogP contribution is 2.52. The van der Waals surface area contributed by atoms with Gasteiger partial charge < -0.3 is 4.57 Å². The van der Waals surface area contributed by atoms with Crippen LogP contribution in [0.15, 0.2) is 78.9 Å². The molecule has 4 aromatic carbocycles. The number of halogens is 6. The summed E-state index contributed by atoms with van der Waals surface area (Å²) in [5.74, 6) is 0. The van der Waals surface area contributed by atoms with Gasteiger partial charge in [-0.15, -0.1) is 0 Å². The molecule has 5 aromatic rings. The molecule has 0 radical (unpaired) electrons. The van der Waals surface area contributed by atoms with Gasteiger partial charge in [0.05, 0.1) is 27.8 Å². The Bertz CT molecular complexity index is 1650. The first-order valence-corrected chi connectivity index (χ1v) is 11.4. The highest BCUT2D eigenvalue weighted by atomic mass is 19.4. The fourth-order valence-corrected chi connectivity index (χ4v) is 5.65. The van der Waals surface area contributed by atoms with Gasteiger partial charge >= 0.3 is 12.4 Å². The molecular weight excluding hydrogens is 476 g/mol. The maximum Gasteiger partial charge on any atom is 0.418 e. The van der Waals surface area contributed by atoms with Crippen molar-refractivity contribution in [3.63, 3.8) is 0 Å². The summed E-state index contributed by atoms with van der Waals surface area (Å²) in [6.45, 7) is 4.03. The molecule has 1 heterocycles. The lowest BCUT2D eigenvalue weighted by molar-refractivity contribution is -0.142. The maximum atomic E-state index is 14.1. The fourth-order valence-electron chi connectivity index (χ4n) is 5.65. The lowest BCUT2D eigenvalue weighted by Gasteiger charge is -2.23. The molecule has 182 valence electrons. The third-order valence-corrected chi connectivity index (χ3v) is 7.25. The fraction of sp³-hybridized carbons (Fsp3) is 0.172. The van der Waals surface area contributed by atoms with Crippen LogP contribution in [0.25, 0.3) is 38.6 Å². The highest BCUT2D eigenvalue weighted by molar-refractivity contribution is 6.11. The van der Waals surface area contributed by atoms with Crippen molar-refractivity contribution in [1.82, 2.24) is 4.57 Å². The lowest BCUT2D eigenvalue weighted by atomic mass is 9.82. The summed E-state index contributed by atoms with van der Waals surface area (Å²) in [5, 5.41) is 1.18. The first-order valence-electron chi connectivity index (χ1n) is 11.4. The van der Waals surface area contributed by atoms with Crippen LogP contribution in [0.3, 0.4) is 0 Å². The number of hydrogen-bond acceptors (Lipinski definition) is 0. The Labute approximate surface area is 202 Å². The molecule has 0 atom stereocenters. The Balaban J connectivity index is 1.82. The van der Waals surface area contributed by atoms with Gasteiger partial charge in [0.2, 0.25) is 0 Å². The van der Waals surface area contributed by atoms with Crippen LogP contribution < -0.4 is 0 Å². The monoisotopic (exact) mass is 495 g/mol. The van der Waals surface area contributed by atoms with E-state index < -0.39 is 34.6 Å². The molecule has 1 aliphatic rings. The van der Waals surface area contributed by atoms with Crippen LogP contribution in [0.4, 0.5) is 26.3 Å². The first-order chi connectivity index (χ1) is 16.9. The van der Waals surface area contributed by atoms with Crippen LogP contribution in [0, 0.1) is 0 Å². The SMILES string of the molecule is CC1(C)c2ccccc2-c2cc3c4ccccc4n(-c4c(C(F)(F)F)cccc4C(F)(F)F)c3cc21. The zero-order valence-electron chi connectivity index (χ0n) is 19.2. The van der Waals surface area contributed by atoms with Crippen molar-refractivity contribution in [2.75, 3.05) is 0 Å². The average Bonchev–Trinajstić information content (AvgIpc) is 3.26. The predicted molar refractivity (Wildman–Crippen MR) is 128 cm³/mol. The maximum absolute atomic E-state index is 14.1. The summed E-state index contributed by atoms with van der Waals surface area (Å²) < 4.78 is 86.0. The molecule has 7 heteroatoms. The van der Waals surface area contributed by atoms with Crippen molar-refractivity contribution < 1.29 is 26.3 Å². The number of para-hydroxylation sites is 2. The highest BCUT2D eigenvalue weighted by Gasteiger charge is 2.42. The van der Waals surface area contributed by atoms with Gasteiger partial charge in [0.15, 0.2) is 0 Å². The van der Waals surface area contributed by atoms with Crippen molar-refractivity contribution >= 4 is 21.8 Å². The third kappa shape index (κ3) is 3.04. The van der Waals surface area contributed by atoms with Crippen molar-refractivity contribution in [2.45, 2.75) is 31.6 Å². The van der Waals surface area contributed by atoms with Crippen molar-refractivity contribution in [2.24, 2.45) is 0 Å². The van der Waals surface area contributed by atoms with Crippen LogP contribution in [0.2, 0.25) is 0 Å². The summed E-state index contributed by atoms with van der Waals surface area (Å²) >= 11 is 0. The van der Waals surface area contributed by atoms with Crippen molar-refractivity contribution in [3.8, 4) is 16.8 Å². The quantitative estimate of drug-likeness (QED) is 0.204. The van der Waals surface area contributed by atoms with E-state index in [2.05, 4.69) is 0 Å². The molecule has 0 spiro atoms. The van der Waals surface area contributed by atoms with Gasteiger partial charge in [0.1, 0.15) is 0 Å². The number of hydrogen-bond donors (Lipinski definition) is 0. The topological polar surface area (TPSA) is 4.93 Å². The van der Waals surface area contributed by atoms with E-state index in [4.69, 9.17) is 0 Å². The number of benzene rings is 4. The zero-order valence-corrected chi connectivity index (χ0v) is 19.2. The Hall–Kier alpha value is -3.74. The lowest BCUT2D eigenvalue weighted by Crippen LogP contribution is -2.18. The van der Waals surface area contributed by atoms with Gasteiger partial charge in [-0.05, 0) is 52.6 Å². The third-order valence-electron chi connectivity index (χ3n) is 7.25. The van der Waals surface area contributed by atoms with Crippen LogP contribution in [-0.4, -0.2) is 4.57 Å². The molecule has 36 heavy (non-hydrogen) atoms. The molecule has 1 aliphatic carbocycles. The average molecular weight is 495 g/mol. The van der Waals surface area contributed by atoms with E-state index in [1.807, 2.05) is 44.2 Å². The van der Waals surface area contributed by atoms with E-state index in [0.717, 1.165) is 32.9 Å². The summed E-state index contributed by atoms with van der Waals surface area (Å²) in [7, 11) is 0. The molecule has 0 unspecified atom stereocenters. The van der Waals surface area contributed by atoms with Crippen LogP contribution in [0.5, 0.6) is 0 Å². The molecule has 0 fully saturated rings. The molecule has 6 rings (SSSR count). The van der Waals surface area contributed by atoms with Gasteiger partial charge in [-0.25, -0.2) is 0 Å². The van der Waals surface area contributed by atoms with Gasteiger partial charge in [-0.3, -0.25) is 0 Å². The smallest absolute Gasteiger partial charge is 0.308 e. The largest absolute Gasteiger partial charge is 0.418 e. The number of nitrogens with zero attached hydrogens (tertiary/aromatic N) is 1. The van der Waals surface area contributed by atoms with E-state index >= 15 is 0 Å². The summed E-state index contributed by atoms with van der Waals surface area (Å²) in [6.07, 6.45) is -9.97. The zero-order chi connectivity index (χ0) is 25.6. The normalized spacial score (nSPS) is 14.9. The molecule has 0 amide bonds. The van der Waals surface area contributed by atoms with Gasteiger partial charge in [-0.1, -0.05) is 62.4 Å².